The molecule has 1 heterocycles. The van der Waals surface area contributed by atoms with Gasteiger partial charge in [-0.3, -0.25) is 4.99 Å². The molecule has 0 spiro atoms. The second-order valence-corrected chi connectivity index (χ2v) is 5.06. The van der Waals surface area contributed by atoms with E-state index >= 15 is 0 Å². The van der Waals surface area contributed by atoms with E-state index in [9.17, 15) is 5.11 Å². The summed E-state index contributed by atoms with van der Waals surface area (Å²) in [5.74, 6) is 0.976. The van der Waals surface area contributed by atoms with E-state index in [0.717, 1.165) is 25.1 Å². The van der Waals surface area contributed by atoms with Crippen molar-refractivity contribution in [3.63, 3.8) is 0 Å². The molecule has 0 unspecified atom stereocenters. The molecule has 0 amide bonds. The highest BCUT2D eigenvalue weighted by Crippen LogP contribution is 2.12. The first-order valence-electron chi connectivity index (χ1n) is 7.08. The van der Waals surface area contributed by atoms with E-state index in [1.165, 1.54) is 25.7 Å². The number of rotatable bonds is 3. The molecule has 0 saturated carbocycles. The first-order valence-corrected chi connectivity index (χ1v) is 7.08. The summed E-state index contributed by atoms with van der Waals surface area (Å²) in [6, 6.07) is 7.31. The van der Waals surface area contributed by atoms with Crippen LogP contribution in [0, 0.1) is 0 Å². The van der Waals surface area contributed by atoms with E-state index in [0.29, 0.717) is 18.3 Å². The number of aliphatic imine (C=N–C) groups is 1. The third kappa shape index (κ3) is 5.56. The van der Waals surface area contributed by atoms with Crippen LogP contribution in [0.5, 0.6) is 5.75 Å². The average molecular weight is 389 g/mol. The average Bonchev–Trinajstić information content (AvgIpc) is 2.67. The van der Waals surface area contributed by atoms with Crippen molar-refractivity contribution in [1.82, 2.24) is 4.90 Å². The maximum atomic E-state index is 9.39. The van der Waals surface area contributed by atoms with Gasteiger partial charge in [-0.05, 0) is 37.0 Å². The molecule has 1 aliphatic rings. The molecule has 1 aromatic carbocycles. The molecule has 1 fully saturated rings. The molecule has 1 saturated heterocycles. The van der Waals surface area contributed by atoms with Gasteiger partial charge in [0.25, 0.3) is 0 Å². The molecule has 0 atom stereocenters. The van der Waals surface area contributed by atoms with Gasteiger partial charge < -0.3 is 15.7 Å². The number of phenolic OH excluding ortho intramolecular Hbond substituents is 1. The molecule has 0 radical (unpaired) electrons. The summed E-state index contributed by atoms with van der Waals surface area (Å²) in [4.78, 5) is 6.64. The predicted octanol–water partition coefficient (Wildman–Crippen LogP) is 2.74. The van der Waals surface area contributed by atoms with Crippen LogP contribution < -0.4 is 5.73 Å². The Morgan fingerprint density at radius 1 is 1.20 bits per heavy atom. The number of hydrogen-bond donors (Lipinski definition) is 2. The Morgan fingerprint density at radius 3 is 2.55 bits per heavy atom. The van der Waals surface area contributed by atoms with Crippen molar-refractivity contribution in [2.45, 2.75) is 32.1 Å². The van der Waals surface area contributed by atoms with Crippen LogP contribution in [-0.2, 0) is 6.42 Å². The standard InChI is InChI=1S/C15H23N3O.HI/c16-15(18-10-3-1-2-4-11-18)17-9-8-13-6-5-7-14(19)12-13;/h5-7,12,19H,1-4,8-11H2,(H2,16,17);1H. The number of nitrogens with zero attached hydrogens (tertiary/aromatic N) is 2. The fourth-order valence-corrected chi connectivity index (χ4v) is 2.41. The van der Waals surface area contributed by atoms with Gasteiger partial charge in [-0.1, -0.05) is 25.0 Å². The lowest BCUT2D eigenvalue weighted by atomic mass is 10.1. The topological polar surface area (TPSA) is 61.9 Å². The summed E-state index contributed by atoms with van der Waals surface area (Å²) in [7, 11) is 0. The van der Waals surface area contributed by atoms with Crippen LogP contribution in [0.1, 0.15) is 31.2 Å². The molecule has 2 rings (SSSR count). The molecule has 0 bridgehead atoms. The molecular weight excluding hydrogens is 365 g/mol. The highest BCUT2D eigenvalue weighted by Gasteiger charge is 2.10. The van der Waals surface area contributed by atoms with E-state index in [1.54, 1.807) is 12.1 Å². The summed E-state index contributed by atoms with van der Waals surface area (Å²) < 4.78 is 0. The highest BCUT2D eigenvalue weighted by molar-refractivity contribution is 14.0. The molecule has 112 valence electrons. The second-order valence-electron chi connectivity index (χ2n) is 5.06. The summed E-state index contributed by atoms with van der Waals surface area (Å²) in [6.07, 6.45) is 5.83. The SMILES string of the molecule is I.NC(=NCCc1cccc(O)c1)N1CCCCCC1. The van der Waals surface area contributed by atoms with E-state index in [4.69, 9.17) is 5.73 Å². The molecule has 5 heteroatoms. The Hall–Kier alpha value is -0.980. The highest BCUT2D eigenvalue weighted by atomic mass is 127. The van der Waals surface area contributed by atoms with Crippen molar-refractivity contribution in [3.05, 3.63) is 29.8 Å². The zero-order valence-electron chi connectivity index (χ0n) is 11.8. The van der Waals surface area contributed by atoms with Crippen LogP contribution in [0.4, 0.5) is 0 Å². The lowest BCUT2D eigenvalue weighted by molar-refractivity contribution is 0.428. The van der Waals surface area contributed by atoms with Crippen LogP contribution in [0.15, 0.2) is 29.3 Å². The van der Waals surface area contributed by atoms with Crippen molar-refractivity contribution >= 4 is 29.9 Å². The molecule has 4 nitrogen and oxygen atoms in total. The Kier molecular flexibility index (Phi) is 7.72. The number of likely N-dealkylation sites (tertiary alicyclic amines) is 1. The van der Waals surface area contributed by atoms with Crippen LogP contribution in [0.2, 0.25) is 0 Å². The number of aromatic hydroxyl groups is 1. The zero-order chi connectivity index (χ0) is 13.5. The number of nitrogens with two attached hydrogens (primary N) is 1. The maximum absolute atomic E-state index is 9.39. The van der Waals surface area contributed by atoms with Gasteiger partial charge in [0, 0.05) is 19.6 Å². The number of guanidine groups is 1. The van der Waals surface area contributed by atoms with Gasteiger partial charge in [-0.25, -0.2) is 0 Å². The third-order valence-electron chi connectivity index (χ3n) is 3.51. The fourth-order valence-electron chi connectivity index (χ4n) is 2.41. The van der Waals surface area contributed by atoms with Gasteiger partial charge in [-0.15, -0.1) is 24.0 Å². The van der Waals surface area contributed by atoms with E-state index in [1.807, 2.05) is 12.1 Å². The summed E-state index contributed by atoms with van der Waals surface area (Å²) in [6.45, 7) is 2.73. The van der Waals surface area contributed by atoms with Crippen molar-refractivity contribution in [2.24, 2.45) is 10.7 Å². The summed E-state index contributed by atoms with van der Waals surface area (Å²) >= 11 is 0. The van der Waals surface area contributed by atoms with Crippen molar-refractivity contribution < 1.29 is 5.11 Å². The van der Waals surface area contributed by atoms with Gasteiger partial charge in [0.15, 0.2) is 5.96 Å². The van der Waals surface area contributed by atoms with Gasteiger partial charge in [0.2, 0.25) is 0 Å². The Morgan fingerprint density at radius 2 is 1.90 bits per heavy atom. The maximum Gasteiger partial charge on any atom is 0.191 e. The summed E-state index contributed by atoms with van der Waals surface area (Å²) in [5, 5.41) is 9.39. The molecule has 1 aromatic rings. The Labute approximate surface area is 138 Å². The first-order chi connectivity index (χ1) is 9.25. The van der Waals surface area contributed by atoms with E-state index in [2.05, 4.69) is 9.89 Å². The molecular formula is C15H24IN3O. The number of phenols is 1. The smallest absolute Gasteiger partial charge is 0.191 e. The van der Waals surface area contributed by atoms with E-state index in [-0.39, 0.29) is 24.0 Å². The fraction of sp³-hybridized carbons (Fsp3) is 0.533. The summed E-state index contributed by atoms with van der Waals surface area (Å²) in [5.41, 5.74) is 7.13. The lowest BCUT2D eigenvalue weighted by Crippen LogP contribution is -2.38. The van der Waals surface area contributed by atoms with Crippen LogP contribution in [0.3, 0.4) is 0 Å². The van der Waals surface area contributed by atoms with E-state index < -0.39 is 0 Å². The minimum atomic E-state index is 0. The number of halogens is 1. The zero-order valence-corrected chi connectivity index (χ0v) is 14.1. The minimum absolute atomic E-state index is 0. The number of hydrogen-bond acceptors (Lipinski definition) is 2. The monoisotopic (exact) mass is 389 g/mol. The van der Waals surface area contributed by atoms with Crippen molar-refractivity contribution in [3.8, 4) is 5.75 Å². The van der Waals surface area contributed by atoms with Crippen molar-refractivity contribution in [2.75, 3.05) is 19.6 Å². The Balaban J connectivity index is 0.00000200. The molecule has 3 N–H and O–H groups in total. The van der Waals surface area contributed by atoms with Crippen molar-refractivity contribution in [1.29, 1.82) is 0 Å². The third-order valence-corrected chi connectivity index (χ3v) is 3.51. The molecule has 0 aromatic heterocycles. The lowest BCUT2D eigenvalue weighted by Gasteiger charge is -2.21. The minimum Gasteiger partial charge on any atom is -0.508 e. The van der Waals surface area contributed by atoms with Crippen LogP contribution in [-0.4, -0.2) is 35.6 Å². The van der Waals surface area contributed by atoms with Gasteiger partial charge in [0.05, 0.1) is 0 Å². The van der Waals surface area contributed by atoms with Crippen LogP contribution >= 0.6 is 24.0 Å². The van der Waals surface area contributed by atoms with Gasteiger partial charge >= 0.3 is 0 Å². The predicted molar refractivity (Wildman–Crippen MR) is 93.8 cm³/mol. The Bertz CT molecular complexity index is 429. The largest absolute Gasteiger partial charge is 0.508 e. The molecule has 1 aliphatic heterocycles. The molecule has 0 aliphatic carbocycles. The van der Waals surface area contributed by atoms with Gasteiger partial charge in [-0.2, -0.15) is 0 Å². The number of benzene rings is 1. The van der Waals surface area contributed by atoms with Gasteiger partial charge in [0.1, 0.15) is 5.75 Å². The molecule has 20 heavy (non-hydrogen) atoms. The van der Waals surface area contributed by atoms with Crippen LogP contribution in [0.25, 0.3) is 0 Å². The quantitative estimate of drug-likeness (QED) is 0.475. The normalized spacial score (nSPS) is 16.4. The second kappa shape index (κ2) is 9.05. The first kappa shape index (κ1) is 17.1.